The first-order valence-electron chi connectivity index (χ1n) is 7.90. The SMILES string of the molecule is CCOC(=O)C=C(C)N=C1CCCN1c1ccc(OC)cc1C. The summed E-state index contributed by atoms with van der Waals surface area (Å²) >= 11 is 0. The lowest BCUT2D eigenvalue weighted by molar-refractivity contribution is -0.137. The van der Waals surface area contributed by atoms with E-state index in [1.165, 1.54) is 6.08 Å². The normalized spacial score (nSPS) is 16.8. The molecule has 1 saturated heterocycles. The fraction of sp³-hybridized carbons (Fsp3) is 0.444. The Morgan fingerprint density at radius 3 is 2.87 bits per heavy atom. The topological polar surface area (TPSA) is 51.1 Å². The van der Waals surface area contributed by atoms with E-state index in [4.69, 9.17) is 9.47 Å². The number of methoxy groups -OCH3 is 1. The molecule has 1 aliphatic heterocycles. The van der Waals surface area contributed by atoms with Crippen molar-refractivity contribution in [3.05, 3.63) is 35.5 Å². The van der Waals surface area contributed by atoms with Crippen LogP contribution in [0, 0.1) is 6.92 Å². The Morgan fingerprint density at radius 1 is 1.43 bits per heavy atom. The van der Waals surface area contributed by atoms with Crippen molar-refractivity contribution in [2.24, 2.45) is 4.99 Å². The quantitative estimate of drug-likeness (QED) is 0.616. The number of hydrogen-bond donors (Lipinski definition) is 0. The Hall–Kier alpha value is -2.30. The van der Waals surface area contributed by atoms with Crippen LogP contribution in [0.1, 0.15) is 32.3 Å². The van der Waals surface area contributed by atoms with Gasteiger partial charge in [-0.05, 0) is 51.0 Å². The number of aryl methyl sites for hydroxylation is 1. The van der Waals surface area contributed by atoms with Crippen LogP contribution in [0.4, 0.5) is 5.69 Å². The predicted molar refractivity (Wildman–Crippen MR) is 92.1 cm³/mol. The molecular formula is C18H24N2O3. The van der Waals surface area contributed by atoms with Crippen molar-refractivity contribution in [2.45, 2.75) is 33.6 Å². The molecule has 0 radical (unpaired) electrons. The van der Waals surface area contributed by atoms with Gasteiger partial charge in [-0.2, -0.15) is 0 Å². The summed E-state index contributed by atoms with van der Waals surface area (Å²) in [5.74, 6) is 1.48. The van der Waals surface area contributed by atoms with Gasteiger partial charge in [0.1, 0.15) is 11.6 Å². The maximum atomic E-state index is 11.5. The zero-order valence-corrected chi connectivity index (χ0v) is 14.3. The van der Waals surface area contributed by atoms with Crippen LogP contribution in [0.25, 0.3) is 0 Å². The molecule has 0 N–H and O–H groups in total. The smallest absolute Gasteiger partial charge is 0.332 e. The summed E-state index contributed by atoms with van der Waals surface area (Å²) in [5, 5.41) is 0. The van der Waals surface area contributed by atoms with Gasteiger partial charge >= 0.3 is 5.97 Å². The number of amidine groups is 1. The van der Waals surface area contributed by atoms with Crippen molar-refractivity contribution >= 4 is 17.5 Å². The first-order chi connectivity index (χ1) is 11.0. The number of nitrogens with zero attached hydrogens (tertiary/aromatic N) is 2. The molecule has 124 valence electrons. The molecule has 0 atom stereocenters. The van der Waals surface area contributed by atoms with Crippen molar-refractivity contribution in [2.75, 3.05) is 25.2 Å². The molecule has 1 fully saturated rings. The van der Waals surface area contributed by atoms with Crippen LogP contribution in [-0.2, 0) is 9.53 Å². The van der Waals surface area contributed by atoms with E-state index in [0.29, 0.717) is 12.3 Å². The van der Waals surface area contributed by atoms with Crippen LogP contribution < -0.4 is 9.64 Å². The van der Waals surface area contributed by atoms with E-state index in [-0.39, 0.29) is 5.97 Å². The molecule has 0 aliphatic carbocycles. The van der Waals surface area contributed by atoms with E-state index < -0.39 is 0 Å². The molecule has 1 aromatic carbocycles. The Morgan fingerprint density at radius 2 is 2.22 bits per heavy atom. The van der Waals surface area contributed by atoms with Gasteiger partial charge in [-0.15, -0.1) is 0 Å². The summed E-state index contributed by atoms with van der Waals surface area (Å²) in [6, 6.07) is 6.03. The number of allylic oxidation sites excluding steroid dienone is 1. The van der Waals surface area contributed by atoms with Crippen LogP contribution in [0.3, 0.4) is 0 Å². The van der Waals surface area contributed by atoms with Gasteiger partial charge in [0, 0.05) is 30.4 Å². The highest BCUT2D eigenvalue weighted by atomic mass is 16.5. The highest BCUT2D eigenvalue weighted by Crippen LogP contribution is 2.29. The fourth-order valence-electron chi connectivity index (χ4n) is 2.68. The molecular weight excluding hydrogens is 292 g/mol. The lowest BCUT2D eigenvalue weighted by Crippen LogP contribution is -2.25. The summed E-state index contributed by atoms with van der Waals surface area (Å²) in [7, 11) is 1.67. The summed E-state index contributed by atoms with van der Waals surface area (Å²) in [5.41, 5.74) is 2.94. The van der Waals surface area contributed by atoms with Crippen molar-refractivity contribution < 1.29 is 14.3 Å². The standard InChI is InChI=1S/C18H24N2O3/c1-5-23-18(21)12-14(3)19-17-7-6-10-20(17)16-9-8-15(22-4)11-13(16)2/h8-9,11-12H,5-7,10H2,1-4H3. The minimum atomic E-state index is -0.348. The molecule has 0 spiro atoms. The second-order valence-corrected chi connectivity index (χ2v) is 5.47. The third-order valence-electron chi connectivity index (χ3n) is 3.71. The molecule has 0 aromatic heterocycles. The molecule has 1 heterocycles. The molecule has 2 rings (SSSR count). The number of hydrogen-bond acceptors (Lipinski definition) is 4. The Kier molecular flexibility index (Phi) is 5.79. The molecule has 5 heteroatoms. The van der Waals surface area contributed by atoms with Crippen LogP contribution in [0.2, 0.25) is 0 Å². The number of esters is 1. The second kappa shape index (κ2) is 7.81. The van der Waals surface area contributed by atoms with Crippen LogP contribution in [0.5, 0.6) is 5.75 Å². The summed E-state index contributed by atoms with van der Waals surface area (Å²) in [6.07, 6.45) is 3.39. The third kappa shape index (κ3) is 4.34. The monoisotopic (exact) mass is 316 g/mol. The van der Waals surface area contributed by atoms with E-state index in [1.54, 1.807) is 14.0 Å². The van der Waals surface area contributed by atoms with E-state index in [9.17, 15) is 4.79 Å². The number of rotatable bonds is 5. The zero-order valence-electron chi connectivity index (χ0n) is 14.3. The minimum absolute atomic E-state index is 0.348. The molecule has 23 heavy (non-hydrogen) atoms. The van der Waals surface area contributed by atoms with Crippen molar-refractivity contribution in [1.82, 2.24) is 0 Å². The van der Waals surface area contributed by atoms with Crippen LogP contribution in [0.15, 0.2) is 35.0 Å². The van der Waals surface area contributed by atoms with Crippen molar-refractivity contribution in [3.63, 3.8) is 0 Å². The summed E-state index contributed by atoms with van der Waals surface area (Å²) in [4.78, 5) is 18.3. The molecule has 1 aliphatic rings. The molecule has 1 aromatic rings. The Bertz CT molecular complexity index is 635. The zero-order chi connectivity index (χ0) is 16.8. The van der Waals surface area contributed by atoms with E-state index in [0.717, 1.165) is 42.2 Å². The Labute approximate surface area is 137 Å². The van der Waals surface area contributed by atoms with Gasteiger partial charge in [-0.3, -0.25) is 0 Å². The van der Waals surface area contributed by atoms with E-state index in [2.05, 4.69) is 22.9 Å². The summed E-state index contributed by atoms with van der Waals surface area (Å²) in [6.45, 7) is 6.98. The van der Waals surface area contributed by atoms with Crippen LogP contribution >= 0.6 is 0 Å². The highest BCUT2D eigenvalue weighted by molar-refractivity contribution is 6.01. The summed E-state index contributed by atoms with van der Waals surface area (Å²) < 4.78 is 10.2. The maximum Gasteiger partial charge on any atom is 0.332 e. The number of anilines is 1. The number of ether oxygens (including phenoxy) is 2. The first-order valence-corrected chi connectivity index (χ1v) is 7.90. The molecule has 0 bridgehead atoms. The first kappa shape index (κ1) is 17.1. The number of carbonyl (C=O) groups excluding carboxylic acids is 1. The van der Waals surface area contributed by atoms with Crippen molar-refractivity contribution in [3.8, 4) is 5.75 Å². The van der Waals surface area contributed by atoms with E-state index >= 15 is 0 Å². The fourth-order valence-corrected chi connectivity index (χ4v) is 2.68. The largest absolute Gasteiger partial charge is 0.497 e. The minimum Gasteiger partial charge on any atom is -0.497 e. The number of aliphatic imine (C=N–C) groups is 1. The molecule has 0 saturated carbocycles. The van der Waals surface area contributed by atoms with Gasteiger partial charge in [0.25, 0.3) is 0 Å². The maximum absolute atomic E-state index is 11.5. The van der Waals surface area contributed by atoms with Gasteiger partial charge in [-0.25, -0.2) is 9.79 Å². The second-order valence-electron chi connectivity index (χ2n) is 5.47. The molecule has 5 nitrogen and oxygen atoms in total. The van der Waals surface area contributed by atoms with Gasteiger partial charge in [0.2, 0.25) is 0 Å². The highest BCUT2D eigenvalue weighted by Gasteiger charge is 2.21. The van der Waals surface area contributed by atoms with Crippen molar-refractivity contribution in [1.29, 1.82) is 0 Å². The van der Waals surface area contributed by atoms with Gasteiger partial charge < -0.3 is 14.4 Å². The number of carbonyl (C=O) groups is 1. The van der Waals surface area contributed by atoms with E-state index in [1.807, 2.05) is 19.1 Å². The predicted octanol–water partition coefficient (Wildman–Crippen LogP) is 3.47. The number of benzene rings is 1. The van der Waals surface area contributed by atoms with Gasteiger partial charge in [-0.1, -0.05) is 0 Å². The lowest BCUT2D eigenvalue weighted by Gasteiger charge is -2.21. The van der Waals surface area contributed by atoms with Gasteiger partial charge in [0.05, 0.1) is 13.7 Å². The molecule has 0 amide bonds. The lowest BCUT2D eigenvalue weighted by atomic mass is 10.1. The average Bonchev–Trinajstić information content (AvgIpc) is 2.94. The molecule has 0 unspecified atom stereocenters. The van der Waals surface area contributed by atoms with Crippen LogP contribution in [-0.4, -0.2) is 32.1 Å². The van der Waals surface area contributed by atoms with Gasteiger partial charge in [0.15, 0.2) is 0 Å². The Balaban J connectivity index is 2.23. The average molecular weight is 316 g/mol. The third-order valence-corrected chi connectivity index (χ3v) is 3.71.